The first-order valence-corrected chi connectivity index (χ1v) is 15.5. The summed E-state index contributed by atoms with van der Waals surface area (Å²) in [5, 5.41) is 17.0. The van der Waals surface area contributed by atoms with E-state index in [1.165, 1.54) is 32.1 Å². The van der Waals surface area contributed by atoms with Gasteiger partial charge in [-0.15, -0.1) is 0 Å². The monoisotopic (exact) mass is 585 g/mol. The Bertz CT molecular complexity index is 1460. The van der Waals surface area contributed by atoms with E-state index in [0.717, 1.165) is 35.4 Å². The minimum absolute atomic E-state index is 0.118. The molecule has 228 valence electrons. The fourth-order valence-corrected chi connectivity index (χ4v) is 6.28. The molecule has 3 aromatic rings. The molecule has 43 heavy (non-hydrogen) atoms. The predicted octanol–water partition coefficient (Wildman–Crippen LogP) is 5.77. The lowest BCUT2D eigenvalue weighted by Gasteiger charge is -2.41. The number of para-hydroxylation sites is 1. The highest BCUT2D eigenvalue weighted by Gasteiger charge is 2.43. The lowest BCUT2D eigenvalue weighted by molar-refractivity contribution is -0.127. The Labute approximate surface area is 253 Å². The Balaban J connectivity index is 1.35. The highest BCUT2D eigenvalue weighted by Crippen LogP contribution is 2.30. The summed E-state index contributed by atoms with van der Waals surface area (Å²) in [6.07, 6.45) is 9.61. The van der Waals surface area contributed by atoms with Gasteiger partial charge in [0.15, 0.2) is 0 Å². The van der Waals surface area contributed by atoms with Crippen molar-refractivity contribution in [2.24, 2.45) is 5.92 Å². The number of nitriles is 1. The first kappa shape index (κ1) is 30.3. The molecule has 10 heteroatoms. The SMILES string of the molecule is CC(C)(C)OC(=O)N1CCC(Nc2ccccc2)(C(=O)NCc2cc3cnc(C#N)nc3n2CCC2CCCCC2)CC1. The van der Waals surface area contributed by atoms with Crippen molar-refractivity contribution in [1.82, 2.24) is 24.8 Å². The number of anilines is 1. The molecule has 3 heterocycles. The van der Waals surface area contributed by atoms with E-state index in [1.807, 2.05) is 57.2 Å². The van der Waals surface area contributed by atoms with Crippen LogP contribution in [-0.4, -0.2) is 55.7 Å². The van der Waals surface area contributed by atoms with Gasteiger partial charge in [-0.05, 0) is 64.2 Å². The summed E-state index contributed by atoms with van der Waals surface area (Å²) in [5.74, 6) is 0.704. The molecule has 10 nitrogen and oxygen atoms in total. The van der Waals surface area contributed by atoms with Gasteiger partial charge in [-0.25, -0.2) is 14.8 Å². The largest absolute Gasteiger partial charge is 0.444 e. The topological polar surface area (TPSA) is 125 Å². The molecule has 0 spiro atoms. The van der Waals surface area contributed by atoms with Crippen molar-refractivity contribution < 1.29 is 14.3 Å². The highest BCUT2D eigenvalue weighted by atomic mass is 16.6. The summed E-state index contributed by atoms with van der Waals surface area (Å²) in [7, 11) is 0. The number of nitrogens with one attached hydrogen (secondary N) is 2. The number of amides is 2. The molecule has 1 aromatic carbocycles. The van der Waals surface area contributed by atoms with Crippen LogP contribution in [0.1, 0.15) is 83.7 Å². The zero-order valence-corrected chi connectivity index (χ0v) is 25.6. The zero-order valence-electron chi connectivity index (χ0n) is 25.6. The summed E-state index contributed by atoms with van der Waals surface area (Å²) in [6, 6.07) is 13.8. The molecule has 1 saturated heterocycles. The maximum absolute atomic E-state index is 14.0. The summed E-state index contributed by atoms with van der Waals surface area (Å²) in [5.41, 5.74) is 1.04. The maximum atomic E-state index is 14.0. The molecule has 1 aliphatic heterocycles. The predicted molar refractivity (Wildman–Crippen MR) is 165 cm³/mol. The molecule has 1 saturated carbocycles. The van der Waals surface area contributed by atoms with Crippen LogP contribution >= 0.6 is 0 Å². The van der Waals surface area contributed by atoms with E-state index in [1.54, 1.807) is 11.1 Å². The lowest BCUT2D eigenvalue weighted by Crippen LogP contribution is -2.59. The molecule has 0 radical (unpaired) electrons. The molecule has 0 atom stereocenters. The number of ether oxygens (including phenoxy) is 1. The molecule has 1 aliphatic carbocycles. The lowest BCUT2D eigenvalue weighted by atomic mass is 9.86. The van der Waals surface area contributed by atoms with Gasteiger partial charge in [-0.3, -0.25) is 4.79 Å². The Kier molecular flexibility index (Phi) is 9.19. The van der Waals surface area contributed by atoms with Crippen LogP contribution in [0.2, 0.25) is 0 Å². The Morgan fingerprint density at radius 2 is 1.84 bits per heavy atom. The second kappa shape index (κ2) is 13.0. The van der Waals surface area contributed by atoms with E-state index in [-0.39, 0.29) is 17.8 Å². The molecule has 2 aromatic heterocycles. The molecule has 0 bridgehead atoms. The molecule has 5 rings (SSSR count). The number of likely N-dealkylation sites (tertiary alicyclic amines) is 1. The van der Waals surface area contributed by atoms with E-state index in [0.29, 0.717) is 38.4 Å². The summed E-state index contributed by atoms with van der Waals surface area (Å²) < 4.78 is 7.73. The van der Waals surface area contributed by atoms with E-state index < -0.39 is 11.1 Å². The third-order valence-corrected chi connectivity index (χ3v) is 8.60. The van der Waals surface area contributed by atoms with E-state index >= 15 is 0 Å². The van der Waals surface area contributed by atoms with Gasteiger partial charge in [0, 0.05) is 42.6 Å². The quantitative estimate of drug-likeness (QED) is 0.344. The number of piperidine rings is 1. The van der Waals surface area contributed by atoms with Crippen LogP contribution in [0, 0.1) is 17.2 Å². The van der Waals surface area contributed by atoms with E-state index in [9.17, 15) is 14.9 Å². The van der Waals surface area contributed by atoms with Crippen LogP contribution in [0.4, 0.5) is 10.5 Å². The number of nitrogens with zero attached hydrogens (tertiary/aromatic N) is 5. The molecular weight excluding hydrogens is 542 g/mol. The van der Waals surface area contributed by atoms with Gasteiger partial charge < -0.3 is 24.8 Å². The Morgan fingerprint density at radius 3 is 2.51 bits per heavy atom. The van der Waals surface area contributed by atoms with Crippen molar-refractivity contribution in [3.63, 3.8) is 0 Å². The number of carbonyl (C=O) groups is 2. The highest BCUT2D eigenvalue weighted by molar-refractivity contribution is 5.90. The summed E-state index contributed by atoms with van der Waals surface area (Å²) >= 11 is 0. The number of hydrogen-bond acceptors (Lipinski definition) is 7. The van der Waals surface area contributed by atoms with Crippen molar-refractivity contribution in [3.8, 4) is 6.07 Å². The van der Waals surface area contributed by atoms with Crippen molar-refractivity contribution in [2.75, 3.05) is 18.4 Å². The van der Waals surface area contributed by atoms with Crippen LogP contribution in [0.15, 0.2) is 42.6 Å². The zero-order chi connectivity index (χ0) is 30.5. The average molecular weight is 586 g/mol. The van der Waals surface area contributed by atoms with Crippen LogP contribution in [0.3, 0.4) is 0 Å². The van der Waals surface area contributed by atoms with Crippen molar-refractivity contribution in [2.45, 2.75) is 96.4 Å². The standard InChI is InChI=1S/C33H43N7O3/c1-32(2,3)43-31(42)39-18-15-33(16-19-39,38-26-12-8-5-9-13-26)30(41)36-23-27-20-25-22-35-28(21-34)37-29(25)40(27)17-14-24-10-6-4-7-11-24/h5,8-9,12-13,20,22,24,38H,4,6-7,10-11,14-19,23H2,1-3H3,(H,36,41). The van der Waals surface area contributed by atoms with Crippen LogP contribution in [0.25, 0.3) is 11.0 Å². The number of rotatable bonds is 8. The van der Waals surface area contributed by atoms with Crippen molar-refractivity contribution >= 4 is 28.7 Å². The second-order valence-electron chi connectivity index (χ2n) is 12.9. The number of fused-ring (bicyclic) bond motifs is 1. The Morgan fingerprint density at radius 1 is 1.12 bits per heavy atom. The number of hydrogen-bond donors (Lipinski definition) is 2. The first-order chi connectivity index (χ1) is 20.7. The minimum atomic E-state index is -0.896. The maximum Gasteiger partial charge on any atom is 0.410 e. The van der Waals surface area contributed by atoms with Crippen LogP contribution in [0.5, 0.6) is 0 Å². The number of aryl methyl sites for hydroxylation is 1. The molecule has 0 unspecified atom stereocenters. The number of benzene rings is 1. The third kappa shape index (κ3) is 7.45. The van der Waals surface area contributed by atoms with Gasteiger partial charge in [0.05, 0.1) is 6.54 Å². The molecular formula is C33H43N7O3. The minimum Gasteiger partial charge on any atom is -0.444 e. The fourth-order valence-electron chi connectivity index (χ4n) is 6.28. The number of carbonyl (C=O) groups excluding carboxylic acids is 2. The summed E-state index contributed by atoms with van der Waals surface area (Å²) in [6.45, 7) is 7.45. The fraction of sp³-hybridized carbons (Fsp3) is 0.545. The van der Waals surface area contributed by atoms with Gasteiger partial charge in [-0.1, -0.05) is 50.3 Å². The van der Waals surface area contributed by atoms with Gasteiger partial charge in [0.25, 0.3) is 0 Å². The Hall–Kier alpha value is -4.13. The van der Waals surface area contributed by atoms with Gasteiger partial charge in [0.2, 0.25) is 11.7 Å². The smallest absolute Gasteiger partial charge is 0.410 e. The van der Waals surface area contributed by atoms with Gasteiger partial charge in [-0.2, -0.15) is 5.26 Å². The first-order valence-electron chi connectivity index (χ1n) is 15.5. The van der Waals surface area contributed by atoms with Crippen LogP contribution < -0.4 is 10.6 Å². The molecule has 2 N–H and O–H groups in total. The molecule has 2 fully saturated rings. The molecule has 2 aliphatic rings. The van der Waals surface area contributed by atoms with Gasteiger partial charge >= 0.3 is 6.09 Å². The van der Waals surface area contributed by atoms with E-state index in [4.69, 9.17) is 4.74 Å². The van der Waals surface area contributed by atoms with Crippen molar-refractivity contribution in [3.05, 3.63) is 54.1 Å². The second-order valence-corrected chi connectivity index (χ2v) is 12.9. The van der Waals surface area contributed by atoms with Gasteiger partial charge in [0.1, 0.15) is 22.9 Å². The number of aromatic nitrogens is 3. The third-order valence-electron chi connectivity index (χ3n) is 8.60. The van der Waals surface area contributed by atoms with Crippen LogP contribution in [-0.2, 0) is 22.6 Å². The van der Waals surface area contributed by atoms with E-state index in [2.05, 4.69) is 31.2 Å². The normalized spacial score (nSPS) is 17.3. The molecule has 2 amide bonds. The average Bonchev–Trinajstić information content (AvgIpc) is 3.35. The van der Waals surface area contributed by atoms with Crippen molar-refractivity contribution in [1.29, 1.82) is 5.26 Å². The summed E-state index contributed by atoms with van der Waals surface area (Å²) in [4.78, 5) is 37.2.